The third kappa shape index (κ3) is 2.04. The van der Waals surface area contributed by atoms with Crippen LogP contribution in [0.15, 0.2) is 42.5 Å². The molecule has 1 N–H and O–H groups in total. The highest BCUT2D eigenvalue weighted by Gasteiger charge is 2.59. The van der Waals surface area contributed by atoms with Crippen molar-refractivity contribution in [3.05, 3.63) is 58.7 Å². The maximum Gasteiger partial charge on any atom is 0.332 e. The minimum atomic E-state index is -1.10. The number of carbonyl (C=O) groups is 2. The lowest BCUT2D eigenvalue weighted by Crippen LogP contribution is -2.49. The quantitative estimate of drug-likeness (QED) is 0.665. The van der Waals surface area contributed by atoms with Gasteiger partial charge in [-0.25, -0.2) is 9.69 Å². The molecule has 1 fully saturated rings. The van der Waals surface area contributed by atoms with Crippen LogP contribution in [0.3, 0.4) is 0 Å². The van der Waals surface area contributed by atoms with Crippen LogP contribution in [0.1, 0.15) is 18.2 Å². The van der Waals surface area contributed by atoms with Gasteiger partial charge in [0.1, 0.15) is 5.75 Å². The second-order valence-corrected chi connectivity index (χ2v) is 7.65. The molecule has 0 radical (unpaired) electrons. The molecule has 1 atom stereocenters. The highest BCUT2D eigenvalue weighted by atomic mass is 35.5. The summed E-state index contributed by atoms with van der Waals surface area (Å²) < 4.78 is 5.35. The topological polar surface area (TPSA) is 65.6 Å². The number of carbonyl (C=O) groups excluding carboxylic acids is 2. The molecule has 0 bridgehead atoms. The van der Waals surface area contributed by atoms with Crippen LogP contribution < -0.4 is 9.64 Å². The van der Waals surface area contributed by atoms with Crippen LogP contribution >= 0.6 is 11.6 Å². The number of anilines is 1. The Balaban J connectivity index is 1.70. The van der Waals surface area contributed by atoms with Crippen molar-refractivity contribution in [3.8, 4) is 5.75 Å². The number of urea groups is 1. The van der Waals surface area contributed by atoms with Gasteiger partial charge in [-0.05, 0) is 49.2 Å². The number of ether oxygens (including phenoxy) is 1. The van der Waals surface area contributed by atoms with Crippen LogP contribution in [-0.2, 0) is 16.8 Å². The van der Waals surface area contributed by atoms with E-state index in [9.17, 15) is 9.59 Å². The Morgan fingerprint density at radius 1 is 1.18 bits per heavy atom. The van der Waals surface area contributed by atoms with E-state index in [2.05, 4.69) is 4.98 Å². The van der Waals surface area contributed by atoms with Gasteiger partial charge in [-0.15, -0.1) is 0 Å². The van der Waals surface area contributed by atoms with Gasteiger partial charge in [0.25, 0.3) is 5.91 Å². The third-order valence-corrected chi connectivity index (χ3v) is 6.18. The minimum absolute atomic E-state index is 0.301. The molecule has 1 saturated heterocycles. The van der Waals surface area contributed by atoms with Crippen molar-refractivity contribution < 1.29 is 14.3 Å². The summed E-state index contributed by atoms with van der Waals surface area (Å²) >= 11 is 6.29. The summed E-state index contributed by atoms with van der Waals surface area (Å²) in [4.78, 5) is 32.9. The second kappa shape index (κ2) is 5.75. The van der Waals surface area contributed by atoms with Crippen molar-refractivity contribution in [2.75, 3.05) is 18.6 Å². The Morgan fingerprint density at radius 3 is 2.71 bits per heavy atom. The molecule has 2 aromatic carbocycles. The zero-order valence-electron chi connectivity index (χ0n) is 15.5. The van der Waals surface area contributed by atoms with E-state index in [0.717, 1.165) is 27.9 Å². The summed E-state index contributed by atoms with van der Waals surface area (Å²) in [7, 11) is 1.63. The van der Waals surface area contributed by atoms with E-state index in [1.165, 1.54) is 4.90 Å². The molecule has 0 saturated carbocycles. The van der Waals surface area contributed by atoms with Crippen LogP contribution in [0.2, 0.25) is 5.02 Å². The molecule has 0 spiro atoms. The Bertz CT molecular complexity index is 1160. The number of amides is 3. The summed E-state index contributed by atoms with van der Waals surface area (Å²) in [5.74, 6) is 0.457. The smallest absolute Gasteiger partial charge is 0.332 e. The van der Waals surface area contributed by atoms with Crippen LogP contribution in [-0.4, -0.2) is 35.5 Å². The number of benzene rings is 2. The van der Waals surface area contributed by atoms with Crippen molar-refractivity contribution >= 4 is 40.1 Å². The number of hydrogen-bond acceptors (Lipinski definition) is 3. The molecule has 7 heteroatoms. The van der Waals surface area contributed by atoms with Gasteiger partial charge in [-0.1, -0.05) is 23.7 Å². The molecule has 3 aromatic rings. The minimum Gasteiger partial charge on any atom is -0.497 e. The SMILES string of the molecule is COc1ccc2[nH]c3c(c2c1)CCN1C(=O)N(c2ccccc2Cl)C(=O)C31C. The van der Waals surface area contributed by atoms with Gasteiger partial charge >= 0.3 is 6.03 Å². The Kier molecular flexibility index (Phi) is 3.52. The van der Waals surface area contributed by atoms with E-state index >= 15 is 0 Å². The third-order valence-electron chi connectivity index (χ3n) is 5.86. The van der Waals surface area contributed by atoms with Gasteiger partial charge in [-0.3, -0.25) is 4.79 Å². The number of halogens is 1. The fourth-order valence-corrected chi connectivity index (χ4v) is 4.61. The first kappa shape index (κ1) is 17.1. The van der Waals surface area contributed by atoms with E-state index in [4.69, 9.17) is 16.3 Å². The van der Waals surface area contributed by atoms with Gasteiger partial charge in [-0.2, -0.15) is 0 Å². The summed E-state index contributed by atoms with van der Waals surface area (Å²) in [6.45, 7) is 2.26. The number of hydrogen-bond donors (Lipinski definition) is 1. The average molecular weight is 396 g/mol. The number of para-hydroxylation sites is 1. The molecule has 142 valence electrons. The Morgan fingerprint density at radius 2 is 1.96 bits per heavy atom. The zero-order valence-corrected chi connectivity index (χ0v) is 16.2. The number of aromatic nitrogens is 1. The van der Waals surface area contributed by atoms with E-state index in [0.29, 0.717) is 23.7 Å². The molecule has 1 unspecified atom stereocenters. The normalized spacial score (nSPS) is 21.2. The maximum absolute atomic E-state index is 13.5. The van der Waals surface area contributed by atoms with Crippen LogP contribution in [0.4, 0.5) is 10.5 Å². The maximum atomic E-state index is 13.5. The monoisotopic (exact) mass is 395 g/mol. The molecule has 3 amide bonds. The average Bonchev–Trinajstić information content (AvgIpc) is 3.16. The first-order chi connectivity index (χ1) is 13.5. The summed E-state index contributed by atoms with van der Waals surface area (Å²) in [6, 6.07) is 12.3. The molecule has 2 aliphatic heterocycles. The van der Waals surface area contributed by atoms with Crippen molar-refractivity contribution in [2.24, 2.45) is 0 Å². The molecule has 2 aliphatic rings. The number of nitrogens with zero attached hydrogens (tertiary/aromatic N) is 2. The number of H-pyrrole nitrogens is 1. The Labute approximate surface area is 166 Å². The molecule has 6 nitrogen and oxygen atoms in total. The number of imide groups is 1. The molecule has 0 aliphatic carbocycles. The van der Waals surface area contributed by atoms with Gasteiger partial charge in [0, 0.05) is 17.4 Å². The first-order valence-corrected chi connectivity index (χ1v) is 9.44. The summed E-state index contributed by atoms with van der Waals surface area (Å²) in [5, 5.41) is 1.39. The molecular formula is C21H18ClN3O3. The largest absolute Gasteiger partial charge is 0.497 e. The predicted molar refractivity (Wildman–Crippen MR) is 107 cm³/mol. The fraction of sp³-hybridized carbons (Fsp3) is 0.238. The lowest BCUT2D eigenvalue weighted by Gasteiger charge is -2.35. The summed E-state index contributed by atoms with van der Waals surface area (Å²) in [5.41, 5.74) is 2.04. The van der Waals surface area contributed by atoms with E-state index < -0.39 is 5.54 Å². The number of methoxy groups -OCH3 is 1. The van der Waals surface area contributed by atoms with Gasteiger partial charge < -0.3 is 14.6 Å². The Hall–Kier alpha value is -2.99. The van der Waals surface area contributed by atoms with Crippen molar-refractivity contribution in [3.63, 3.8) is 0 Å². The molecular weight excluding hydrogens is 378 g/mol. The van der Waals surface area contributed by atoms with Crippen molar-refractivity contribution in [2.45, 2.75) is 18.9 Å². The molecule has 5 rings (SSSR count). The number of nitrogens with one attached hydrogen (secondary N) is 1. The molecule has 1 aromatic heterocycles. The van der Waals surface area contributed by atoms with E-state index in [1.807, 2.05) is 18.2 Å². The molecule has 28 heavy (non-hydrogen) atoms. The fourth-order valence-electron chi connectivity index (χ4n) is 4.39. The standard InChI is InChI=1S/C21H18ClN3O3/c1-21-18-13(14-11-12(28-2)7-8-16(14)23-18)9-10-24(21)20(27)25(19(21)26)17-6-4-3-5-15(17)22/h3-8,11,23H,9-10H2,1-2H3. The number of rotatable bonds is 2. The van der Waals surface area contributed by atoms with Crippen molar-refractivity contribution in [1.29, 1.82) is 0 Å². The van der Waals surface area contributed by atoms with Crippen LogP contribution in [0, 0.1) is 0 Å². The molecule has 3 heterocycles. The van der Waals surface area contributed by atoms with Crippen LogP contribution in [0.25, 0.3) is 10.9 Å². The van der Waals surface area contributed by atoms with E-state index in [1.54, 1.807) is 43.2 Å². The second-order valence-electron chi connectivity index (χ2n) is 7.24. The van der Waals surface area contributed by atoms with Crippen molar-refractivity contribution in [1.82, 2.24) is 9.88 Å². The van der Waals surface area contributed by atoms with Crippen LogP contribution in [0.5, 0.6) is 5.75 Å². The predicted octanol–water partition coefficient (Wildman–Crippen LogP) is 4.07. The number of aromatic amines is 1. The number of fused-ring (bicyclic) bond motifs is 5. The highest BCUT2D eigenvalue weighted by Crippen LogP contribution is 2.46. The van der Waals surface area contributed by atoms with Gasteiger partial charge in [0.15, 0.2) is 5.54 Å². The highest BCUT2D eigenvalue weighted by molar-refractivity contribution is 6.36. The lowest BCUT2D eigenvalue weighted by molar-refractivity contribution is -0.125. The van der Waals surface area contributed by atoms with E-state index in [-0.39, 0.29) is 11.9 Å². The summed E-state index contributed by atoms with van der Waals surface area (Å²) in [6.07, 6.45) is 0.660. The van der Waals surface area contributed by atoms with Gasteiger partial charge in [0.2, 0.25) is 0 Å². The first-order valence-electron chi connectivity index (χ1n) is 9.06. The zero-order chi connectivity index (χ0) is 19.6. The lowest BCUT2D eigenvalue weighted by atomic mass is 9.87. The van der Waals surface area contributed by atoms with Gasteiger partial charge in [0.05, 0.1) is 23.5 Å².